The van der Waals surface area contributed by atoms with Crippen molar-refractivity contribution in [1.29, 1.82) is 0 Å². The number of hydrogen-bond acceptors (Lipinski definition) is 4. The molecule has 0 aliphatic rings. The first-order valence-corrected chi connectivity index (χ1v) is 16.6. The molecule has 0 fully saturated rings. The molecule has 0 aliphatic heterocycles. The summed E-state index contributed by atoms with van der Waals surface area (Å²) in [6.45, 7) is 4.49. The largest absolute Gasteiger partial charge is 1.00 e. The van der Waals surface area contributed by atoms with E-state index in [0.717, 1.165) is 19.3 Å². The molecule has 0 N–H and O–H groups in total. The summed E-state index contributed by atoms with van der Waals surface area (Å²) in [5.41, 5.74) is 0. The van der Waals surface area contributed by atoms with Crippen LogP contribution >= 0.6 is 0 Å². The van der Waals surface area contributed by atoms with Crippen LogP contribution in [0.4, 0.5) is 0 Å². The second-order valence-corrected chi connectivity index (χ2v) is 11.6. The first kappa shape index (κ1) is 39.4. The monoisotopic (exact) mass is 554 g/mol. The Balaban J connectivity index is 0. The van der Waals surface area contributed by atoms with Crippen LogP contribution in [-0.4, -0.2) is 19.6 Å². The van der Waals surface area contributed by atoms with Crippen LogP contribution in [0.15, 0.2) is 12.2 Å². The molecule has 4 nitrogen and oxygen atoms in total. The fourth-order valence-corrected chi connectivity index (χ4v) is 5.03. The first-order chi connectivity index (χ1) is 17.0. The van der Waals surface area contributed by atoms with E-state index >= 15 is 0 Å². The third kappa shape index (κ3) is 33.3. The predicted octanol–water partition coefficient (Wildman–Crippen LogP) is 7.04. The summed E-state index contributed by atoms with van der Waals surface area (Å²) in [6.07, 6.45) is 35.2. The molecule has 0 rings (SSSR count). The average molecular weight is 555 g/mol. The summed E-state index contributed by atoms with van der Waals surface area (Å²) in [5, 5.41) is 0. The standard InChI is InChI=1S/C30H60O4S.K/c1-3-5-7-9-11-13-14-15-16-17-18-20-22-24-26-28-30(29-34-35(31,32)33)27-25-23-21-19-12-10-8-6-4-2;/h25,27,30H,3-24,26,28-29H2,1-2H3,(H,31,32,33);/q;+1/p-1/b27-25+;. The maximum absolute atomic E-state index is 10.9. The van der Waals surface area contributed by atoms with Gasteiger partial charge in [0.25, 0.3) is 0 Å². The summed E-state index contributed by atoms with van der Waals surface area (Å²) in [5.74, 6) is 0.0188. The molecule has 0 aromatic carbocycles. The van der Waals surface area contributed by atoms with Crippen molar-refractivity contribution in [1.82, 2.24) is 0 Å². The normalized spacial score (nSPS) is 12.8. The molecule has 0 radical (unpaired) electrons. The van der Waals surface area contributed by atoms with Gasteiger partial charge in [0, 0.05) is 5.92 Å². The third-order valence-electron chi connectivity index (χ3n) is 6.99. The minimum atomic E-state index is -4.61. The van der Waals surface area contributed by atoms with Gasteiger partial charge in [-0.1, -0.05) is 161 Å². The van der Waals surface area contributed by atoms with Crippen LogP contribution in [-0.2, 0) is 14.6 Å². The number of hydrogen-bond donors (Lipinski definition) is 0. The van der Waals surface area contributed by atoms with Gasteiger partial charge in [0.15, 0.2) is 0 Å². The molecular formula is C30H59KO4S. The molecule has 0 amide bonds. The van der Waals surface area contributed by atoms with Crippen molar-refractivity contribution in [2.75, 3.05) is 6.61 Å². The molecule has 6 heteroatoms. The van der Waals surface area contributed by atoms with Crippen LogP contribution in [0, 0.1) is 5.92 Å². The van der Waals surface area contributed by atoms with Gasteiger partial charge in [0.1, 0.15) is 0 Å². The molecule has 0 saturated carbocycles. The van der Waals surface area contributed by atoms with E-state index in [4.69, 9.17) is 0 Å². The molecule has 210 valence electrons. The average Bonchev–Trinajstić information content (AvgIpc) is 2.82. The molecule has 1 atom stereocenters. The van der Waals surface area contributed by atoms with E-state index in [1.807, 2.05) is 0 Å². The smallest absolute Gasteiger partial charge is 0.726 e. The van der Waals surface area contributed by atoms with E-state index in [9.17, 15) is 13.0 Å². The minimum Gasteiger partial charge on any atom is -0.726 e. The van der Waals surface area contributed by atoms with Gasteiger partial charge in [-0.15, -0.1) is 0 Å². The van der Waals surface area contributed by atoms with E-state index in [-0.39, 0.29) is 63.9 Å². The number of rotatable bonds is 28. The van der Waals surface area contributed by atoms with Crippen LogP contribution in [0.3, 0.4) is 0 Å². The summed E-state index contributed by atoms with van der Waals surface area (Å²) in [7, 11) is -4.61. The predicted molar refractivity (Wildman–Crippen MR) is 150 cm³/mol. The second-order valence-electron chi connectivity index (χ2n) is 10.5. The molecule has 1 unspecified atom stereocenters. The minimum absolute atomic E-state index is 0. The number of unbranched alkanes of at least 4 members (excludes halogenated alkanes) is 21. The third-order valence-corrected chi connectivity index (χ3v) is 7.41. The fraction of sp³-hybridized carbons (Fsp3) is 0.933. The quantitative estimate of drug-likeness (QED) is 0.0342. The second kappa shape index (κ2) is 30.8. The van der Waals surface area contributed by atoms with Crippen molar-refractivity contribution in [3.8, 4) is 0 Å². The SMILES string of the molecule is CCCCCCCCC/C=C/C(CCCCCCCCCCCCCCCCC)COS(=O)(=O)[O-].[K+]. The van der Waals surface area contributed by atoms with E-state index in [1.165, 1.54) is 135 Å². The van der Waals surface area contributed by atoms with Crippen molar-refractivity contribution in [3.63, 3.8) is 0 Å². The summed E-state index contributed by atoms with van der Waals surface area (Å²) in [6, 6.07) is 0. The Morgan fingerprint density at radius 3 is 1.36 bits per heavy atom. The van der Waals surface area contributed by atoms with Crippen molar-refractivity contribution >= 4 is 10.4 Å². The molecule has 0 aromatic heterocycles. The van der Waals surface area contributed by atoms with Crippen LogP contribution in [0.5, 0.6) is 0 Å². The Bertz CT molecular complexity index is 551. The summed E-state index contributed by atoms with van der Waals surface area (Å²) < 4.78 is 37.2. The van der Waals surface area contributed by atoms with E-state index in [0.29, 0.717) is 0 Å². The molecule has 0 spiro atoms. The molecule has 0 heterocycles. The van der Waals surface area contributed by atoms with Crippen LogP contribution < -0.4 is 51.4 Å². The van der Waals surface area contributed by atoms with Gasteiger partial charge in [-0.25, -0.2) is 8.42 Å². The molecule has 0 saturated heterocycles. The van der Waals surface area contributed by atoms with Gasteiger partial charge < -0.3 is 4.55 Å². The Hall–Kier alpha value is 1.25. The van der Waals surface area contributed by atoms with Crippen LogP contribution in [0.1, 0.15) is 168 Å². The Kier molecular flexibility index (Phi) is 33.7. The van der Waals surface area contributed by atoms with Crippen molar-refractivity contribution in [2.24, 2.45) is 5.92 Å². The molecular weight excluding hydrogens is 495 g/mol. The van der Waals surface area contributed by atoms with Crippen molar-refractivity contribution in [2.45, 2.75) is 168 Å². The maximum Gasteiger partial charge on any atom is 1.00 e. The van der Waals surface area contributed by atoms with Gasteiger partial charge in [0.05, 0.1) is 6.61 Å². The Morgan fingerprint density at radius 1 is 0.611 bits per heavy atom. The Labute approximate surface area is 269 Å². The molecule has 0 aromatic rings. The topological polar surface area (TPSA) is 66.4 Å². The molecule has 0 bridgehead atoms. The van der Waals surface area contributed by atoms with Crippen LogP contribution in [0.25, 0.3) is 0 Å². The maximum atomic E-state index is 10.9. The first-order valence-electron chi connectivity index (χ1n) is 15.3. The fourth-order valence-electron chi connectivity index (χ4n) is 4.69. The van der Waals surface area contributed by atoms with Crippen molar-refractivity contribution < 1.29 is 68.5 Å². The Morgan fingerprint density at radius 2 is 0.972 bits per heavy atom. The number of allylic oxidation sites excluding steroid dienone is 1. The van der Waals surface area contributed by atoms with Gasteiger partial charge in [-0.3, -0.25) is 4.18 Å². The van der Waals surface area contributed by atoms with E-state index in [2.05, 4.69) is 30.2 Å². The van der Waals surface area contributed by atoms with Gasteiger partial charge in [-0.2, -0.15) is 0 Å². The van der Waals surface area contributed by atoms with Gasteiger partial charge >= 0.3 is 51.4 Å². The zero-order valence-corrected chi connectivity index (χ0v) is 28.4. The van der Waals surface area contributed by atoms with Gasteiger partial charge in [0.2, 0.25) is 10.4 Å². The van der Waals surface area contributed by atoms with E-state index in [1.54, 1.807) is 0 Å². The molecule has 0 aliphatic carbocycles. The zero-order chi connectivity index (χ0) is 25.9. The summed E-state index contributed by atoms with van der Waals surface area (Å²) >= 11 is 0. The van der Waals surface area contributed by atoms with E-state index < -0.39 is 10.4 Å². The summed E-state index contributed by atoms with van der Waals surface area (Å²) in [4.78, 5) is 0. The van der Waals surface area contributed by atoms with Crippen LogP contribution in [0.2, 0.25) is 0 Å². The molecule has 36 heavy (non-hydrogen) atoms. The van der Waals surface area contributed by atoms with Crippen molar-refractivity contribution in [3.05, 3.63) is 12.2 Å². The van der Waals surface area contributed by atoms with Gasteiger partial charge in [-0.05, 0) is 19.3 Å². The zero-order valence-electron chi connectivity index (χ0n) is 24.5.